The Morgan fingerprint density at radius 1 is 1.05 bits per heavy atom. The molecule has 0 bridgehead atoms. The third kappa shape index (κ3) is 4.82. The number of nitrogens with one attached hydrogen (secondary N) is 1. The van der Waals surface area contributed by atoms with E-state index in [-0.39, 0.29) is 6.04 Å². The fourth-order valence-corrected chi connectivity index (χ4v) is 2.43. The summed E-state index contributed by atoms with van der Waals surface area (Å²) in [5.74, 6) is 1.42. The van der Waals surface area contributed by atoms with Crippen molar-refractivity contribution in [3.8, 4) is 5.75 Å². The zero-order valence-electron chi connectivity index (χ0n) is 11.1. The summed E-state index contributed by atoms with van der Waals surface area (Å²) < 4.78 is 6.72. The molecule has 0 aliphatic heterocycles. The van der Waals surface area contributed by atoms with Crippen LogP contribution in [-0.2, 0) is 0 Å². The highest BCUT2D eigenvalue weighted by Gasteiger charge is 2.08. The monoisotopic (exact) mass is 353 g/mol. The zero-order valence-corrected chi connectivity index (χ0v) is 13.4. The Morgan fingerprint density at radius 2 is 1.75 bits per heavy atom. The van der Waals surface area contributed by atoms with E-state index in [1.54, 1.807) is 0 Å². The second-order valence-electron chi connectivity index (χ2n) is 4.37. The highest BCUT2D eigenvalue weighted by Crippen LogP contribution is 2.16. The number of benzene rings is 2. The largest absolute Gasteiger partial charge is 0.492 e. The molecule has 20 heavy (non-hydrogen) atoms. The molecular formula is C16H17BrClNO. The Balaban J connectivity index is 1.76. The summed E-state index contributed by atoms with van der Waals surface area (Å²) in [5, 5.41) is 3.40. The molecule has 0 aromatic heterocycles. The lowest BCUT2D eigenvalue weighted by Gasteiger charge is -2.16. The Kier molecular flexibility index (Phi) is 6.37. The summed E-state index contributed by atoms with van der Waals surface area (Å²) in [4.78, 5) is 0. The van der Waals surface area contributed by atoms with E-state index in [1.807, 2.05) is 42.5 Å². The van der Waals surface area contributed by atoms with Crippen LogP contribution >= 0.6 is 27.5 Å². The van der Waals surface area contributed by atoms with Crippen molar-refractivity contribution < 1.29 is 4.74 Å². The SMILES string of the molecule is ClCC(NCCOc1ccc(Br)cc1)c1ccccc1. The molecule has 1 N–H and O–H groups in total. The predicted octanol–water partition coefficient (Wildman–Crippen LogP) is 4.40. The first-order chi connectivity index (χ1) is 9.79. The second-order valence-corrected chi connectivity index (χ2v) is 5.60. The van der Waals surface area contributed by atoms with E-state index < -0.39 is 0 Å². The van der Waals surface area contributed by atoms with Crippen molar-refractivity contribution >= 4 is 27.5 Å². The molecule has 2 rings (SSSR count). The maximum atomic E-state index is 6.01. The van der Waals surface area contributed by atoms with E-state index in [4.69, 9.17) is 16.3 Å². The van der Waals surface area contributed by atoms with Crippen LogP contribution in [-0.4, -0.2) is 19.0 Å². The first kappa shape index (κ1) is 15.4. The van der Waals surface area contributed by atoms with E-state index >= 15 is 0 Å². The van der Waals surface area contributed by atoms with Crippen molar-refractivity contribution in [1.82, 2.24) is 5.32 Å². The lowest BCUT2D eigenvalue weighted by molar-refractivity contribution is 0.308. The van der Waals surface area contributed by atoms with Gasteiger partial charge in [0.15, 0.2) is 0 Å². The smallest absolute Gasteiger partial charge is 0.119 e. The van der Waals surface area contributed by atoms with Gasteiger partial charge in [-0.3, -0.25) is 0 Å². The fourth-order valence-electron chi connectivity index (χ4n) is 1.88. The number of hydrogen-bond donors (Lipinski definition) is 1. The molecule has 0 amide bonds. The van der Waals surface area contributed by atoms with Crippen molar-refractivity contribution in [3.63, 3.8) is 0 Å². The minimum Gasteiger partial charge on any atom is -0.492 e. The van der Waals surface area contributed by atoms with Gasteiger partial charge in [-0.15, -0.1) is 11.6 Å². The van der Waals surface area contributed by atoms with Crippen LogP contribution in [0.2, 0.25) is 0 Å². The summed E-state index contributed by atoms with van der Waals surface area (Å²) in [7, 11) is 0. The van der Waals surface area contributed by atoms with Crippen LogP contribution in [0.1, 0.15) is 11.6 Å². The van der Waals surface area contributed by atoms with Gasteiger partial charge in [-0.2, -0.15) is 0 Å². The average molecular weight is 355 g/mol. The molecule has 0 spiro atoms. The van der Waals surface area contributed by atoms with Gasteiger partial charge in [-0.25, -0.2) is 0 Å². The van der Waals surface area contributed by atoms with Gasteiger partial charge in [0.05, 0.1) is 0 Å². The van der Waals surface area contributed by atoms with Gasteiger partial charge in [0, 0.05) is 22.9 Å². The maximum absolute atomic E-state index is 6.01. The summed E-state index contributed by atoms with van der Waals surface area (Å²) in [6, 6.07) is 18.2. The molecule has 0 heterocycles. The topological polar surface area (TPSA) is 21.3 Å². The molecule has 2 aromatic carbocycles. The summed E-state index contributed by atoms with van der Waals surface area (Å²) in [6.45, 7) is 1.37. The molecule has 2 aromatic rings. The van der Waals surface area contributed by atoms with E-state index in [0.29, 0.717) is 12.5 Å². The summed E-state index contributed by atoms with van der Waals surface area (Å²) >= 11 is 9.41. The first-order valence-corrected chi connectivity index (χ1v) is 7.85. The molecule has 2 nitrogen and oxygen atoms in total. The highest BCUT2D eigenvalue weighted by molar-refractivity contribution is 9.10. The Labute approximate surface area is 133 Å². The van der Waals surface area contributed by atoms with Gasteiger partial charge in [-0.1, -0.05) is 46.3 Å². The average Bonchev–Trinajstić information content (AvgIpc) is 2.50. The van der Waals surface area contributed by atoms with Crippen LogP contribution in [0.5, 0.6) is 5.75 Å². The standard InChI is InChI=1S/C16H17BrClNO/c17-14-6-8-15(9-7-14)20-11-10-19-16(12-18)13-4-2-1-3-5-13/h1-9,16,19H,10-12H2. The lowest BCUT2D eigenvalue weighted by atomic mass is 10.1. The van der Waals surface area contributed by atoms with Crippen molar-refractivity contribution in [2.75, 3.05) is 19.0 Å². The molecule has 106 valence electrons. The van der Waals surface area contributed by atoms with Crippen molar-refractivity contribution in [3.05, 3.63) is 64.6 Å². The van der Waals surface area contributed by atoms with Gasteiger partial charge in [-0.05, 0) is 29.8 Å². The molecule has 0 saturated carbocycles. The molecule has 0 aliphatic rings. The Morgan fingerprint density at radius 3 is 2.40 bits per heavy atom. The minimum absolute atomic E-state index is 0.159. The van der Waals surface area contributed by atoms with Crippen LogP contribution < -0.4 is 10.1 Å². The quantitative estimate of drug-likeness (QED) is 0.588. The van der Waals surface area contributed by atoms with Crippen LogP contribution in [0, 0.1) is 0 Å². The van der Waals surface area contributed by atoms with Crippen LogP contribution in [0.15, 0.2) is 59.1 Å². The van der Waals surface area contributed by atoms with Crippen molar-refractivity contribution in [2.45, 2.75) is 6.04 Å². The highest BCUT2D eigenvalue weighted by atomic mass is 79.9. The van der Waals surface area contributed by atoms with Crippen LogP contribution in [0.25, 0.3) is 0 Å². The Bertz CT molecular complexity index is 504. The van der Waals surface area contributed by atoms with Gasteiger partial charge in [0.1, 0.15) is 12.4 Å². The number of ether oxygens (including phenoxy) is 1. The number of hydrogen-bond acceptors (Lipinski definition) is 2. The normalized spacial score (nSPS) is 12.1. The van der Waals surface area contributed by atoms with Gasteiger partial charge >= 0.3 is 0 Å². The van der Waals surface area contributed by atoms with E-state index in [1.165, 1.54) is 5.56 Å². The van der Waals surface area contributed by atoms with Gasteiger partial charge < -0.3 is 10.1 Å². The van der Waals surface area contributed by atoms with E-state index in [9.17, 15) is 0 Å². The molecule has 1 atom stereocenters. The molecule has 4 heteroatoms. The Hall–Kier alpha value is -1.03. The van der Waals surface area contributed by atoms with Crippen molar-refractivity contribution in [1.29, 1.82) is 0 Å². The van der Waals surface area contributed by atoms with Crippen LogP contribution in [0.4, 0.5) is 0 Å². The van der Waals surface area contributed by atoms with E-state index in [0.717, 1.165) is 16.8 Å². The molecule has 0 aliphatic carbocycles. The van der Waals surface area contributed by atoms with Gasteiger partial charge in [0.25, 0.3) is 0 Å². The van der Waals surface area contributed by atoms with Crippen molar-refractivity contribution in [2.24, 2.45) is 0 Å². The molecule has 0 saturated heterocycles. The summed E-state index contributed by atoms with van der Waals surface area (Å²) in [5.41, 5.74) is 1.20. The maximum Gasteiger partial charge on any atom is 0.119 e. The molecule has 0 fully saturated rings. The summed E-state index contributed by atoms with van der Waals surface area (Å²) in [6.07, 6.45) is 0. The number of halogens is 2. The first-order valence-electron chi connectivity index (χ1n) is 6.52. The second kappa shape index (κ2) is 8.30. The molecular weight excluding hydrogens is 338 g/mol. The van der Waals surface area contributed by atoms with E-state index in [2.05, 4.69) is 33.4 Å². The number of rotatable bonds is 7. The molecule has 0 radical (unpaired) electrons. The lowest BCUT2D eigenvalue weighted by Crippen LogP contribution is -2.27. The van der Waals surface area contributed by atoms with Gasteiger partial charge in [0.2, 0.25) is 0 Å². The third-order valence-electron chi connectivity index (χ3n) is 2.93. The van der Waals surface area contributed by atoms with Crippen LogP contribution in [0.3, 0.4) is 0 Å². The zero-order chi connectivity index (χ0) is 14.2. The third-order valence-corrected chi connectivity index (χ3v) is 3.77. The number of alkyl halides is 1. The molecule has 1 unspecified atom stereocenters. The minimum atomic E-state index is 0.159. The predicted molar refractivity (Wildman–Crippen MR) is 87.5 cm³/mol. The fraction of sp³-hybridized carbons (Fsp3) is 0.250.